The number of ether oxygens (including phenoxy) is 1. The Morgan fingerprint density at radius 1 is 1.28 bits per heavy atom. The highest BCUT2D eigenvalue weighted by Gasteiger charge is 2.31. The molecule has 1 atom stereocenters. The van der Waals surface area contributed by atoms with E-state index in [1.807, 2.05) is 41.8 Å². The van der Waals surface area contributed by atoms with Crippen molar-refractivity contribution < 1.29 is 9.13 Å². The number of benzene rings is 1. The lowest BCUT2D eigenvalue weighted by Crippen LogP contribution is -2.27. The summed E-state index contributed by atoms with van der Waals surface area (Å²) in [5.74, 6) is -1.37. The summed E-state index contributed by atoms with van der Waals surface area (Å²) in [5, 5.41) is 1.92. The number of rotatable bonds is 1. The second-order valence-corrected chi connectivity index (χ2v) is 5.35. The first-order chi connectivity index (χ1) is 8.64. The molecular formula is C14H12FNOS. The second kappa shape index (κ2) is 4.21. The van der Waals surface area contributed by atoms with Gasteiger partial charge in [-0.2, -0.15) is 4.39 Å². The average molecular weight is 261 g/mol. The van der Waals surface area contributed by atoms with Crippen molar-refractivity contribution in [1.29, 1.82) is 0 Å². The van der Waals surface area contributed by atoms with Crippen LogP contribution >= 0.6 is 11.3 Å². The Kier molecular flexibility index (Phi) is 2.67. The fourth-order valence-electron chi connectivity index (χ4n) is 1.99. The van der Waals surface area contributed by atoms with Gasteiger partial charge in [0.05, 0.1) is 10.6 Å². The molecule has 1 aromatic heterocycles. The zero-order chi connectivity index (χ0) is 12.6. The van der Waals surface area contributed by atoms with Gasteiger partial charge in [0.25, 0.3) is 5.85 Å². The first-order valence-electron chi connectivity index (χ1n) is 5.72. The maximum absolute atomic E-state index is 14.4. The largest absolute Gasteiger partial charge is 0.439 e. The molecule has 0 amide bonds. The molecule has 0 saturated carbocycles. The molecule has 0 bridgehead atoms. The molecule has 0 spiro atoms. The summed E-state index contributed by atoms with van der Waals surface area (Å²) in [7, 11) is 0. The number of hydrogen-bond acceptors (Lipinski definition) is 3. The van der Waals surface area contributed by atoms with Gasteiger partial charge in [0.1, 0.15) is 0 Å². The number of alkyl halides is 1. The Morgan fingerprint density at radius 3 is 2.89 bits per heavy atom. The van der Waals surface area contributed by atoms with Gasteiger partial charge in [0.2, 0.25) is 5.90 Å². The van der Waals surface area contributed by atoms with Crippen LogP contribution in [0.4, 0.5) is 10.1 Å². The third-order valence-electron chi connectivity index (χ3n) is 2.76. The molecule has 4 heteroatoms. The summed E-state index contributed by atoms with van der Waals surface area (Å²) >= 11 is 1.49. The smallest absolute Gasteiger partial charge is 0.251 e. The minimum atomic E-state index is -1.73. The van der Waals surface area contributed by atoms with Crippen molar-refractivity contribution in [3.63, 3.8) is 0 Å². The maximum Gasteiger partial charge on any atom is 0.251 e. The summed E-state index contributed by atoms with van der Waals surface area (Å²) in [6.07, 6.45) is 0.210. The fraction of sp³-hybridized carbons (Fsp3) is 0.214. The van der Waals surface area contributed by atoms with Crippen LogP contribution in [0, 0.1) is 0 Å². The number of halogens is 1. The van der Waals surface area contributed by atoms with Crippen molar-refractivity contribution in [2.45, 2.75) is 19.2 Å². The molecular weight excluding hydrogens is 249 g/mol. The summed E-state index contributed by atoms with van der Waals surface area (Å²) in [5.41, 5.74) is 1.65. The van der Waals surface area contributed by atoms with E-state index in [2.05, 4.69) is 4.99 Å². The quantitative estimate of drug-likeness (QED) is 0.757. The van der Waals surface area contributed by atoms with Crippen molar-refractivity contribution in [1.82, 2.24) is 0 Å². The Bertz CT molecular complexity index is 590. The van der Waals surface area contributed by atoms with E-state index in [1.165, 1.54) is 18.3 Å². The van der Waals surface area contributed by atoms with Gasteiger partial charge in [0, 0.05) is 13.3 Å². The molecule has 1 unspecified atom stereocenters. The topological polar surface area (TPSA) is 21.6 Å². The molecule has 0 aliphatic carbocycles. The molecule has 92 valence electrons. The Balaban J connectivity index is 2.12. The van der Waals surface area contributed by atoms with E-state index in [1.54, 1.807) is 0 Å². The summed E-state index contributed by atoms with van der Waals surface area (Å²) < 4.78 is 19.8. The number of fused-ring (bicyclic) bond motifs is 1. The molecule has 2 aromatic rings. The van der Waals surface area contributed by atoms with Crippen LogP contribution in [0.25, 0.3) is 0 Å². The van der Waals surface area contributed by atoms with E-state index >= 15 is 0 Å². The van der Waals surface area contributed by atoms with Crippen LogP contribution in [0.15, 0.2) is 46.8 Å². The van der Waals surface area contributed by atoms with Crippen LogP contribution in [-0.2, 0) is 11.2 Å². The van der Waals surface area contributed by atoms with Gasteiger partial charge in [-0.05, 0) is 23.1 Å². The lowest BCUT2D eigenvalue weighted by atomic mass is 10.1. The van der Waals surface area contributed by atoms with Crippen molar-refractivity contribution in [2.24, 2.45) is 4.99 Å². The first-order valence-corrected chi connectivity index (χ1v) is 6.60. The monoisotopic (exact) mass is 261 g/mol. The van der Waals surface area contributed by atoms with Gasteiger partial charge in [-0.1, -0.05) is 24.3 Å². The predicted octanol–water partition coefficient (Wildman–Crippen LogP) is 4.08. The molecule has 3 rings (SSSR count). The lowest BCUT2D eigenvalue weighted by molar-refractivity contribution is -0.0526. The Hall–Kier alpha value is -1.68. The molecule has 1 aliphatic heterocycles. The van der Waals surface area contributed by atoms with Gasteiger partial charge >= 0.3 is 0 Å². The number of hydrogen-bond donors (Lipinski definition) is 0. The van der Waals surface area contributed by atoms with E-state index in [9.17, 15) is 4.39 Å². The third-order valence-corrected chi connectivity index (χ3v) is 3.62. The second-order valence-electron chi connectivity index (χ2n) is 4.40. The molecule has 1 aromatic carbocycles. The lowest BCUT2D eigenvalue weighted by Gasteiger charge is -2.20. The van der Waals surface area contributed by atoms with Gasteiger partial charge in [-0.25, -0.2) is 4.99 Å². The maximum atomic E-state index is 14.4. The van der Waals surface area contributed by atoms with Crippen LogP contribution in [0.2, 0.25) is 0 Å². The highest BCUT2D eigenvalue weighted by molar-refractivity contribution is 7.12. The van der Waals surface area contributed by atoms with Crippen LogP contribution < -0.4 is 0 Å². The summed E-state index contributed by atoms with van der Waals surface area (Å²) in [6.45, 7) is 1.44. The highest BCUT2D eigenvalue weighted by atomic mass is 32.1. The fourth-order valence-corrected chi connectivity index (χ4v) is 2.63. The van der Waals surface area contributed by atoms with Crippen molar-refractivity contribution in [3.8, 4) is 0 Å². The molecule has 18 heavy (non-hydrogen) atoms. The van der Waals surface area contributed by atoms with E-state index in [0.717, 1.165) is 16.1 Å². The number of para-hydroxylation sites is 1. The predicted molar refractivity (Wildman–Crippen MR) is 71.3 cm³/mol. The highest BCUT2D eigenvalue weighted by Crippen LogP contribution is 2.32. The van der Waals surface area contributed by atoms with Gasteiger partial charge < -0.3 is 4.74 Å². The Morgan fingerprint density at radius 2 is 2.11 bits per heavy atom. The summed E-state index contributed by atoms with van der Waals surface area (Å²) in [4.78, 5) is 5.29. The van der Waals surface area contributed by atoms with Crippen LogP contribution in [0.1, 0.15) is 17.4 Å². The minimum absolute atomic E-state index is 0.210. The van der Waals surface area contributed by atoms with Gasteiger partial charge in [0.15, 0.2) is 0 Å². The molecule has 0 N–H and O–H groups in total. The molecule has 2 nitrogen and oxygen atoms in total. The van der Waals surface area contributed by atoms with Crippen molar-refractivity contribution in [3.05, 3.63) is 52.2 Å². The minimum Gasteiger partial charge on any atom is -0.439 e. The number of nitrogens with zero attached hydrogens (tertiary/aromatic N) is 1. The molecule has 1 aliphatic rings. The summed E-state index contributed by atoms with van der Waals surface area (Å²) in [6, 6.07) is 11.3. The zero-order valence-electron chi connectivity index (χ0n) is 9.89. The van der Waals surface area contributed by atoms with E-state index in [0.29, 0.717) is 5.90 Å². The number of thiophene rings is 1. The van der Waals surface area contributed by atoms with E-state index in [-0.39, 0.29) is 6.42 Å². The van der Waals surface area contributed by atoms with Crippen molar-refractivity contribution >= 4 is 22.9 Å². The normalized spacial score (nSPS) is 22.7. The van der Waals surface area contributed by atoms with E-state index in [4.69, 9.17) is 4.74 Å². The third kappa shape index (κ3) is 2.16. The zero-order valence-corrected chi connectivity index (χ0v) is 10.7. The SMILES string of the molecule is CC1(F)Cc2ccccc2N=C(c2cccs2)O1. The molecule has 0 saturated heterocycles. The molecule has 2 heterocycles. The standard InChI is InChI=1S/C14H12FNOS/c1-14(15)9-10-5-2-3-6-11(10)16-13(17-14)12-7-4-8-18-12/h2-8H,9H2,1H3. The van der Waals surface area contributed by atoms with Crippen LogP contribution in [0.3, 0.4) is 0 Å². The molecule has 0 radical (unpaired) electrons. The van der Waals surface area contributed by atoms with Gasteiger partial charge in [-0.15, -0.1) is 11.3 Å². The van der Waals surface area contributed by atoms with E-state index < -0.39 is 5.85 Å². The Labute approximate surface area is 109 Å². The van der Waals surface area contributed by atoms with Crippen LogP contribution in [-0.4, -0.2) is 11.8 Å². The first kappa shape index (κ1) is 11.4. The van der Waals surface area contributed by atoms with Gasteiger partial charge in [-0.3, -0.25) is 0 Å². The average Bonchev–Trinajstić information content (AvgIpc) is 2.79. The van der Waals surface area contributed by atoms with Crippen LogP contribution in [0.5, 0.6) is 0 Å². The molecule has 0 fully saturated rings. The number of aliphatic imine (C=N–C) groups is 1. The van der Waals surface area contributed by atoms with Crippen molar-refractivity contribution in [2.75, 3.05) is 0 Å².